The van der Waals surface area contributed by atoms with Crippen molar-refractivity contribution < 1.29 is 4.79 Å². The SMILES string of the molecule is CCCC1(CNC(=O)CC2CC3CCC(C2)N3)CC1. The minimum absolute atomic E-state index is 0.300. The van der Waals surface area contributed by atoms with Gasteiger partial charge in [-0.3, -0.25) is 4.79 Å². The Labute approximate surface area is 116 Å². The summed E-state index contributed by atoms with van der Waals surface area (Å²) >= 11 is 0. The quantitative estimate of drug-likeness (QED) is 0.774. The van der Waals surface area contributed by atoms with Crippen molar-refractivity contribution in [3.63, 3.8) is 0 Å². The van der Waals surface area contributed by atoms with Gasteiger partial charge in [0.2, 0.25) is 5.91 Å². The van der Waals surface area contributed by atoms with E-state index >= 15 is 0 Å². The Balaban J connectivity index is 1.39. The summed E-state index contributed by atoms with van der Waals surface area (Å²) in [5.74, 6) is 0.925. The molecule has 0 radical (unpaired) electrons. The highest BCUT2D eigenvalue weighted by Crippen LogP contribution is 2.48. The Hall–Kier alpha value is -0.570. The summed E-state index contributed by atoms with van der Waals surface area (Å²) in [5.41, 5.74) is 0.484. The average molecular weight is 264 g/mol. The Bertz CT molecular complexity index is 326. The van der Waals surface area contributed by atoms with Crippen molar-refractivity contribution in [1.82, 2.24) is 10.6 Å². The molecule has 1 saturated carbocycles. The van der Waals surface area contributed by atoms with Crippen LogP contribution in [0.4, 0.5) is 0 Å². The maximum atomic E-state index is 12.1. The number of hydrogen-bond acceptors (Lipinski definition) is 2. The van der Waals surface area contributed by atoms with Crippen molar-refractivity contribution >= 4 is 5.91 Å². The van der Waals surface area contributed by atoms with Gasteiger partial charge in [0.05, 0.1) is 0 Å². The molecule has 2 bridgehead atoms. The summed E-state index contributed by atoms with van der Waals surface area (Å²) in [6, 6.07) is 1.40. The first kappa shape index (κ1) is 13.4. The third-order valence-corrected chi connectivity index (χ3v) is 5.44. The molecule has 108 valence electrons. The first-order valence-electron chi connectivity index (χ1n) is 8.22. The van der Waals surface area contributed by atoms with Crippen LogP contribution in [0.1, 0.15) is 64.7 Å². The van der Waals surface area contributed by atoms with Crippen molar-refractivity contribution in [3.05, 3.63) is 0 Å². The lowest BCUT2D eigenvalue weighted by Gasteiger charge is -2.28. The molecule has 3 rings (SSSR count). The van der Waals surface area contributed by atoms with Gasteiger partial charge in [-0.05, 0) is 56.3 Å². The zero-order valence-electron chi connectivity index (χ0n) is 12.2. The van der Waals surface area contributed by atoms with E-state index < -0.39 is 0 Å². The fourth-order valence-electron chi connectivity index (χ4n) is 4.18. The van der Waals surface area contributed by atoms with E-state index in [9.17, 15) is 4.79 Å². The molecule has 2 aliphatic heterocycles. The number of carbonyl (C=O) groups excluding carboxylic acids is 1. The van der Waals surface area contributed by atoms with Gasteiger partial charge in [0.1, 0.15) is 0 Å². The maximum absolute atomic E-state index is 12.1. The van der Waals surface area contributed by atoms with E-state index in [1.807, 2.05) is 0 Å². The van der Waals surface area contributed by atoms with Crippen molar-refractivity contribution in [2.24, 2.45) is 11.3 Å². The van der Waals surface area contributed by atoms with Gasteiger partial charge >= 0.3 is 0 Å². The van der Waals surface area contributed by atoms with Crippen molar-refractivity contribution in [1.29, 1.82) is 0 Å². The average Bonchev–Trinajstić information content (AvgIpc) is 3.07. The van der Waals surface area contributed by atoms with Gasteiger partial charge in [-0.2, -0.15) is 0 Å². The van der Waals surface area contributed by atoms with E-state index in [1.54, 1.807) is 0 Å². The molecule has 3 nitrogen and oxygen atoms in total. The second-order valence-corrected chi connectivity index (χ2v) is 7.21. The predicted octanol–water partition coefficient (Wildman–Crippen LogP) is 2.60. The molecule has 3 aliphatic rings. The molecule has 3 heteroatoms. The largest absolute Gasteiger partial charge is 0.356 e. The van der Waals surface area contributed by atoms with Crippen LogP contribution in [0.5, 0.6) is 0 Å². The van der Waals surface area contributed by atoms with Gasteiger partial charge in [-0.1, -0.05) is 13.3 Å². The van der Waals surface area contributed by atoms with Gasteiger partial charge in [0, 0.05) is 25.0 Å². The third-order valence-electron chi connectivity index (χ3n) is 5.44. The van der Waals surface area contributed by atoms with Crippen molar-refractivity contribution in [2.75, 3.05) is 6.54 Å². The van der Waals surface area contributed by atoms with Gasteiger partial charge in [-0.25, -0.2) is 0 Å². The molecule has 1 aliphatic carbocycles. The van der Waals surface area contributed by atoms with Gasteiger partial charge in [-0.15, -0.1) is 0 Å². The van der Waals surface area contributed by atoms with E-state index in [0.29, 0.717) is 29.3 Å². The second-order valence-electron chi connectivity index (χ2n) is 7.21. The Kier molecular flexibility index (Phi) is 3.84. The lowest BCUT2D eigenvalue weighted by molar-refractivity contribution is -0.122. The monoisotopic (exact) mass is 264 g/mol. The van der Waals surface area contributed by atoms with Crippen LogP contribution in [-0.2, 0) is 4.79 Å². The van der Waals surface area contributed by atoms with Crippen molar-refractivity contribution in [2.45, 2.75) is 76.8 Å². The van der Waals surface area contributed by atoms with Gasteiger partial charge < -0.3 is 10.6 Å². The molecule has 3 fully saturated rings. The number of nitrogens with one attached hydrogen (secondary N) is 2. The molecule has 0 spiro atoms. The van der Waals surface area contributed by atoms with Crippen LogP contribution in [0.15, 0.2) is 0 Å². The van der Waals surface area contributed by atoms with Crippen LogP contribution in [0.3, 0.4) is 0 Å². The minimum Gasteiger partial charge on any atom is -0.356 e. The maximum Gasteiger partial charge on any atom is 0.220 e. The Morgan fingerprint density at radius 3 is 2.53 bits per heavy atom. The van der Waals surface area contributed by atoms with E-state index in [4.69, 9.17) is 0 Å². The molecule has 2 N–H and O–H groups in total. The fraction of sp³-hybridized carbons (Fsp3) is 0.938. The lowest BCUT2D eigenvalue weighted by Crippen LogP contribution is -2.40. The number of hydrogen-bond donors (Lipinski definition) is 2. The molecule has 2 atom stereocenters. The molecular weight excluding hydrogens is 236 g/mol. The first-order chi connectivity index (χ1) is 9.19. The zero-order chi connectivity index (χ0) is 13.3. The molecular formula is C16H28N2O. The second kappa shape index (κ2) is 5.43. The molecule has 0 aromatic heterocycles. The summed E-state index contributed by atoms with van der Waals surface area (Å²) in [4.78, 5) is 12.1. The van der Waals surface area contributed by atoms with E-state index in [0.717, 1.165) is 13.0 Å². The van der Waals surface area contributed by atoms with Crippen LogP contribution in [0.2, 0.25) is 0 Å². The molecule has 1 amide bonds. The molecule has 2 heterocycles. The van der Waals surface area contributed by atoms with Crippen LogP contribution in [-0.4, -0.2) is 24.5 Å². The highest BCUT2D eigenvalue weighted by molar-refractivity contribution is 5.76. The number of amides is 1. The summed E-state index contributed by atoms with van der Waals surface area (Å²) in [5, 5.41) is 6.85. The first-order valence-corrected chi connectivity index (χ1v) is 8.22. The van der Waals surface area contributed by atoms with Gasteiger partial charge in [0.25, 0.3) is 0 Å². The van der Waals surface area contributed by atoms with Crippen LogP contribution < -0.4 is 10.6 Å². The Morgan fingerprint density at radius 1 is 1.26 bits per heavy atom. The van der Waals surface area contributed by atoms with E-state index in [1.165, 1.54) is 51.4 Å². The summed E-state index contributed by atoms with van der Waals surface area (Å²) in [6.07, 6.45) is 11.0. The highest BCUT2D eigenvalue weighted by Gasteiger charge is 2.41. The Morgan fingerprint density at radius 2 is 1.95 bits per heavy atom. The van der Waals surface area contributed by atoms with E-state index in [-0.39, 0.29) is 0 Å². The molecule has 2 saturated heterocycles. The number of piperidine rings is 1. The third kappa shape index (κ3) is 3.31. The van der Waals surface area contributed by atoms with Gasteiger partial charge in [0.15, 0.2) is 0 Å². The molecule has 19 heavy (non-hydrogen) atoms. The minimum atomic E-state index is 0.300. The van der Waals surface area contributed by atoms with Crippen LogP contribution in [0, 0.1) is 11.3 Å². The summed E-state index contributed by atoms with van der Waals surface area (Å²) < 4.78 is 0. The fourth-order valence-corrected chi connectivity index (χ4v) is 4.18. The topological polar surface area (TPSA) is 41.1 Å². The molecule has 2 unspecified atom stereocenters. The standard InChI is InChI=1S/C16H28N2O/c1-2-5-16(6-7-16)11-17-15(19)10-12-8-13-3-4-14(9-12)18-13/h12-14,18H,2-11H2,1H3,(H,17,19). The normalized spacial score (nSPS) is 35.1. The summed E-state index contributed by atoms with van der Waals surface area (Å²) in [7, 11) is 0. The zero-order valence-corrected chi connectivity index (χ0v) is 12.2. The van der Waals surface area contributed by atoms with Crippen LogP contribution >= 0.6 is 0 Å². The van der Waals surface area contributed by atoms with Crippen molar-refractivity contribution in [3.8, 4) is 0 Å². The summed E-state index contributed by atoms with van der Waals surface area (Å²) in [6.45, 7) is 3.17. The smallest absolute Gasteiger partial charge is 0.220 e. The molecule has 0 aromatic rings. The highest BCUT2D eigenvalue weighted by atomic mass is 16.1. The van der Waals surface area contributed by atoms with Crippen LogP contribution in [0.25, 0.3) is 0 Å². The number of rotatable bonds is 6. The molecule has 0 aromatic carbocycles. The van der Waals surface area contributed by atoms with E-state index in [2.05, 4.69) is 17.6 Å². The number of fused-ring (bicyclic) bond motifs is 2. The number of carbonyl (C=O) groups is 1. The predicted molar refractivity (Wildman–Crippen MR) is 76.9 cm³/mol. The lowest BCUT2D eigenvalue weighted by atomic mass is 9.89.